The SMILES string of the molecule is C1#CC(SCc2cscn2)C=CC=C1. The first-order chi connectivity index (χ1) is 6.95. The number of aromatic nitrogens is 1. The van der Waals surface area contributed by atoms with Crippen LogP contribution in [0.5, 0.6) is 0 Å². The van der Waals surface area contributed by atoms with Crippen molar-refractivity contribution in [2.75, 3.05) is 0 Å². The Morgan fingerprint density at radius 2 is 2.50 bits per heavy atom. The topological polar surface area (TPSA) is 12.9 Å². The Labute approximate surface area is 91.9 Å². The Balaban J connectivity index is 1.88. The third-order valence-electron chi connectivity index (χ3n) is 1.70. The summed E-state index contributed by atoms with van der Waals surface area (Å²) in [6, 6.07) is 0. The van der Waals surface area contributed by atoms with Crippen LogP contribution in [0.3, 0.4) is 0 Å². The van der Waals surface area contributed by atoms with Crippen molar-refractivity contribution in [2.45, 2.75) is 11.0 Å². The summed E-state index contributed by atoms with van der Waals surface area (Å²) < 4.78 is 0. The van der Waals surface area contributed by atoms with Crippen LogP contribution in [0.4, 0.5) is 0 Å². The highest BCUT2D eigenvalue weighted by Crippen LogP contribution is 2.18. The van der Waals surface area contributed by atoms with Gasteiger partial charge in [-0.05, 0) is 6.08 Å². The predicted molar refractivity (Wildman–Crippen MR) is 63.3 cm³/mol. The lowest BCUT2D eigenvalue weighted by Crippen LogP contribution is -1.94. The Morgan fingerprint density at radius 1 is 1.50 bits per heavy atom. The minimum Gasteiger partial charge on any atom is -0.249 e. The molecule has 1 aliphatic rings. The van der Waals surface area contributed by atoms with Gasteiger partial charge in [0.15, 0.2) is 0 Å². The fraction of sp³-hybridized carbons (Fsp3) is 0.182. The van der Waals surface area contributed by atoms with E-state index >= 15 is 0 Å². The zero-order valence-electron chi connectivity index (χ0n) is 7.51. The van der Waals surface area contributed by atoms with E-state index in [4.69, 9.17) is 0 Å². The Bertz CT molecular complexity index is 393. The molecule has 1 nitrogen and oxygen atoms in total. The molecule has 0 saturated carbocycles. The molecule has 2 rings (SSSR count). The van der Waals surface area contributed by atoms with Crippen molar-refractivity contribution in [3.63, 3.8) is 0 Å². The van der Waals surface area contributed by atoms with Gasteiger partial charge in [-0.3, -0.25) is 0 Å². The highest BCUT2D eigenvalue weighted by Gasteiger charge is 2.03. The molecule has 0 spiro atoms. The lowest BCUT2D eigenvalue weighted by atomic mass is 10.4. The summed E-state index contributed by atoms with van der Waals surface area (Å²) in [6.45, 7) is 0. The molecule has 1 heterocycles. The van der Waals surface area contributed by atoms with Gasteiger partial charge in [-0.15, -0.1) is 23.1 Å². The van der Waals surface area contributed by atoms with Crippen molar-refractivity contribution in [2.24, 2.45) is 0 Å². The van der Waals surface area contributed by atoms with Crippen LogP contribution in [0.2, 0.25) is 0 Å². The quantitative estimate of drug-likeness (QED) is 0.725. The first-order valence-corrected chi connectivity index (χ1v) is 6.27. The molecule has 0 saturated heterocycles. The fourth-order valence-corrected chi connectivity index (χ4v) is 2.55. The third kappa shape index (κ3) is 2.76. The van der Waals surface area contributed by atoms with E-state index in [9.17, 15) is 0 Å². The largest absolute Gasteiger partial charge is 0.249 e. The summed E-state index contributed by atoms with van der Waals surface area (Å²) in [7, 11) is 0. The summed E-state index contributed by atoms with van der Waals surface area (Å²) >= 11 is 3.45. The first kappa shape index (κ1) is 9.57. The smallest absolute Gasteiger partial charge is 0.0847 e. The van der Waals surface area contributed by atoms with Gasteiger partial charge in [0, 0.05) is 11.1 Å². The number of hydrogen-bond acceptors (Lipinski definition) is 3. The molecular weight excluding hydrogens is 210 g/mol. The van der Waals surface area contributed by atoms with Gasteiger partial charge in [0.05, 0.1) is 16.5 Å². The highest BCUT2D eigenvalue weighted by molar-refractivity contribution is 7.99. The molecule has 1 atom stereocenters. The van der Waals surface area contributed by atoms with E-state index in [-0.39, 0.29) is 0 Å². The summed E-state index contributed by atoms with van der Waals surface area (Å²) in [5, 5.41) is 2.38. The van der Waals surface area contributed by atoms with Crippen LogP contribution >= 0.6 is 23.1 Å². The second-order valence-electron chi connectivity index (χ2n) is 2.74. The lowest BCUT2D eigenvalue weighted by Gasteiger charge is -2.02. The van der Waals surface area contributed by atoms with Crippen LogP contribution in [-0.4, -0.2) is 10.2 Å². The summed E-state index contributed by atoms with van der Waals surface area (Å²) in [4.78, 5) is 4.23. The highest BCUT2D eigenvalue weighted by atomic mass is 32.2. The summed E-state index contributed by atoms with van der Waals surface area (Å²) in [5.41, 5.74) is 3.01. The molecule has 0 fully saturated rings. The van der Waals surface area contributed by atoms with Gasteiger partial charge in [0.1, 0.15) is 0 Å². The average Bonchev–Trinajstić information content (AvgIpc) is 2.58. The van der Waals surface area contributed by atoms with Gasteiger partial charge >= 0.3 is 0 Å². The van der Waals surface area contributed by atoms with Crippen LogP contribution in [0.1, 0.15) is 5.69 Å². The predicted octanol–water partition coefficient (Wildman–Crippen LogP) is 2.87. The van der Waals surface area contributed by atoms with Crippen molar-refractivity contribution in [3.8, 4) is 11.8 Å². The zero-order valence-corrected chi connectivity index (χ0v) is 9.15. The van der Waals surface area contributed by atoms with Gasteiger partial charge in [-0.25, -0.2) is 4.98 Å². The van der Waals surface area contributed by atoms with E-state index in [1.165, 1.54) is 0 Å². The van der Waals surface area contributed by atoms with E-state index in [2.05, 4.69) is 28.3 Å². The molecule has 0 amide bonds. The van der Waals surface area contributed by atoms with Crippen LogP contribution in [0.25, 0.3) is 0 Å². The van der Waals surface area contributed by atoms with Crippen LogP contribution in [0, 0.1) is 11.8 Å². The van der Waals surface area contributed by atoms with E-state index < -0.39 is 0 Å². The van der Waals surface area contributed by atoms with E-state index in [0.717, 1.165) is 11.4 Å². The molecule has 1 aromatic rings. The number of nitrogens with zero attached hydrogens (tertiary/aromatic N) is 1. The Kier molecular flexibility index (Phi) is 3.44. The van der Waals surface area contributed by atoms with Gasteiger partial charge in [-0.1, -0.05) is 30.1 Å². The maximum Gasteiger partial charge on any atom is 0.0847 e. The molecule has 70 valence electrons. The van der Waals surface area contributed by atoms with Crippen LogP contribution in [-0.2, 0) is 5.75 Å². The van der Waals surface area contributed by atoms with E-state index in [1.807, 2.05) is 35.5 Å². The van der Waals surface area contributed by atoms with Crippen LogP contribution in [0.15, 0.2) is 35.2 Å². The monoisotopic (exact) mass is 219 g/mol. The molecule has 0 bridgehead atoms. The minimum absolute atomic E-state index is 0.298. The number of rotatable bonds is 3. The van der Waals surface area contributed by atoms with Crippen molar-refractivity contribution < 1.29 is 0 Å². The van der Waals surface area contributed by atoms with Gasteiger partial charge in [0.2, 0.25) is 0 Å². The maximum absolute atomic E-state index is 4.23. The van der Waals surface area contributed by atoms with E-state index in [0.29, 0.717) is 5.25 Å². The van der Waals surface area contributed by atoms with Gasteiger partial charge in [0.25, 0.3) is 0 Å². The zero-order chi connectivity index (χ0) is 9.64. The number of hydrogen-bond donors (Lipinski definition) is 0. The molecular formula is C11H9NS2. The lowest BCUT2D eigenvalue weighted by molar-refractivity contribution is 1.23. The Hall–Kier alpha value is -0.980. The molecule has 0 aliphatic heterocycles. The van der Waals surface area contributed by atoms with Crippen molar-refractivity contribution in [3.05, 3.63) is 40.9 Å². The standard InChI is InChI=1S/C11H9NS2/c1-2-4-6-11(5-3-1)14-8-10-7-13-9-12-10/h1-3,5,7,9,11H,8H2. The van der Waals surface area contributed by atoms with Crippen molar-refractivity contribution in [1.82, 2.24) is 4.98 Å². The summed E-state index contributed by atoms with van der Waals surface area (Å²) in [6.07, 6.45) is 8.00. The second-order valence-corrected chi connectivity index (χ2v) is 4.59. The van der Waals surface area contributed by atoms with Crippen LogP contribution < -0.4 is 0 Å². The van der Waals surface area contributed by atoms with Gasteiger partial charge < -0.3 is 0 Å². The van der Waals surface area contributed by atoms with Crippen molar-refractivity contribution in [1.29, 1.82) is 0 Å². The van der Waals surface area contributed by atoms with Crippen molar-refractivity contribution >= 4 is 23.1 Å². The third-order valence-corrected chi connectivity index (χ3v) is 3.43. The van der Waals surface area contributed by atoms with Gasteiger partial charge in [-0.2, -0.15) is 0 Å². The number of thioether (sulfide) groups is 1. The second kappa shape index (κ2) is 5.04. The minimum atomic E-state index is 0.298. The molecule has 14 heavy (non-hydrogen) atoms. The molecule has 1 aromatic heterocycles. The number of allylic oxidation sites excluding steroid dienone is 3. The average molecular weight is 219 g/mol. The fourth-order valence-electron chi connectivity index (χ4n) is 1.03. The molecule has 0 radical (unpaired) electrons. The number of thiazole rings is 1. The maximum atomic E-state index is 4.23. The molecule has 1 aliphatic carbocycles. The summed E-state index contributed by atoms with van der Waals surface area (Å²) in [5.74, 6) is 7.09. The first-order valence-electron chi connectivity index (χ1n) is 4.28. The molecule has 0 N–H and O–H groups in total. The molecule has 3 heteroatoms. The molecule has 0 aromatic carbocycles. The molecule has 1 unspecified atom stereocenters. The Morgan fingerprint density at radius 3 is 3.36 bits per heavy atom. The normalized spacial score (nSPS) is 18.7. The van der Waals surface area contributed by atoms with E-state index in [1.54, 1.807) is 11.3 Å².